The molecule has 2 aromatic rings. The van der Waals surface area contributed by atoms with Gasteiger partial charge in [-0.25, -0.2) is 0 Å². The zero-order chi connectivity index (χ0) is 20.8. The maximum absolute atomic E-state index is 12.6. The fraction of sp³-hybridized carbons (Fsp3) is 0.391. The maximum atomic E-state index is 12.6. The molecule has 3 rings (SSSR count). The van der Waals surface area contributed by atoms with E-state index in [1.165, 1.54) is 6.42 Å². The van der Waals surface area contributed by atoms with E-state index < -0.39 is 6.04 Å². The second kappa shape index (κ2) is 11.0. The van der Waals surface area contributed by atoms with Gasteiger partial charge in [0.25, 0.3) is 0 Å². The summed E-state index contributed by atoms with van der Waals surface area (Å²) in [5, 5.41) is 5.79. The van der Waals surface area contributed by atoms with E-state index in [2.05, 4.69) is 10.6 Å². The van der Waals surface area contributed by atoms with Gasteiger partial charge in [-0.2, -0.15) is 0 Å². The number of carbonyl (C=O) groups excluding carboxylic acids is 2. The molecule has 6 nitrogen and oxygen atoms in total. The fourth-order valence-electron chi connectivity index (χ4n) is 3.63. The number of nitrogens with two attached hydrogens (primary N) is 1. The number of ether oxygens (including phenoxy) is 1. The summed E-state index contributed by atoms with van der Waals surface area (Å²) in [7, 11) is 1.55. The second-order valence-corrected chi connectivity index (χ2v) is 7.62. The van der Waals surface area contributed by atoms with Gasteiger partial charge in [0, 0.05) is 11.6 Å². The number of rotatable bonds is 6. The van der Waals surface area contributed by atoms with Crippen LogP contribution in [0.2, 0.25) is 0 Å². The van der Waals surface area contributed by atoms with Crippen LogP contribution < -0.4 is 21.1 Å². The van der Waals surface area contributed by atoms with E-state index in [1.54, 1.807) is 25.3 Å². The molecule has 0 radical (unpaired) electrons. The Bertz CT molecular complexity index is 864. The van der Waals surface area contributed by atoms with Crippen molar-refractivity contribution in [1.29, 1.82) is 0 Å². The quantitative estimate of drug-likeness (QED) is 0.623. The summed E-state index contributed by atoms with van der Waals surface area (Å²) in [6, 6.07) is 11.9. The minimum Gasteiger partial charge on any atom is -0.495 e. The van der Waals surface area contributed by atoms with Crippen LogP contribution in [0.1, 0.15) is 49.3 Å². The van der Waals surface area contributed by atoms with Gasteiger partial charge in [-0.15, -0.1) is 12.4 Å². The molecular formula is C23H30ClN3O3. The van der Waals surface area contributed by atoms with Crippen LogP contribution >= 0.6 is 12.4 Å². The second-order valence-electron chi connectivity index (χ2n) is 7.62. The molecule has 2 amide bonds. The molecule has 1 fully saturated rings. The van der Waals surface area contributed by atoms with E-state index in [-0.39, 0.29) is 30.1 Å². The average Bonchev–Trinajstić information content (AvgIpc) is 2.74. The molecule has 30 heavy (non-hydrogen) atoms. The number of carbonyl (C=O) groups is 2. The van der Waals surface area contributed by atoms with Crippen molar-refractivity contribution < 1.29 is 14.3 Å². The first kappa shape index (κ1) is 23.7. The maximum Gasteiger partial charge on any atom is 0.245 e. The summed E-state index contributed by atoms with van der Waals surface area (Å²) < 4.78 is 5.37. The number of hydrogen-bond donors (Lipinski definition) is 3. The van der Waals surface area contributed by atoms with Crippen LogP contribution in [0.15, 0.2) is 42.5 Å². The third kappa shape index (κ3) is 5.97. The molecule has 1 aliphatic rings. The van der Waals surface area contributed by atoms with Crippen LogP contribution in [0.5, 0.6) is 5.75 Å². The summed E-state index contributed by atoms with van der Waals surface area (Å²) >= 11 is 0. The number of halogens is 1. The molecule has 1 aliphatic carbocycles. The number of amides is 2. The van der Waals surface area contributed by atoms with E-state index in [9.17, 15) is 9.59 Å². The van der Waals surface area contributed by atoms with Crippen molar-refractivity contribution in [2.45, 2.75) is 45.1 Å². The highest BCUT2D eigenvalue weighted by Crippen LogP contribution is 2.31. The minimum atomic E-state index is -0.780. The van der Waals surface area contributed by atoms with Crippen molar-refractivity contribution in [3.05, 3.63) is 53.6 Å². The van der Waals surface area contributed by atoms with Gasteiger partial charge < -0.3 is 21.1 Å². The topological polar surface area (TPSA) is 93.4 Å². The zero-order valence-electron chi connectivity index (χ0n) is 17.4. The molecule has 0 bridgehead atoms. The summed E-state index contributed by atoms with van der Waals surface area (Å²) in [6.45, 7) is 1.98. The average molecular weight is 432 g/mol. The Morgan fingerprint density at radius 3 is 2.33 bits per heavy atom. The highest BCUT2D eigenvalue weighted by atomic mass is 35.5. The molecule has 0 aromatic heterocycles. The van der Waals surface area contributed by atoms with Gasteiger partial charge in [-0.1, -0.05) is 49.1 Å². The van der Waals surface area contributed by atoms with Gasteiger partial charge in [0.05, 0.1) is 12.8 Å². The first-order valence-corrected chi connectivity index (χ1v) is 10.1. The minimum absolute atomic E-state index is 0. The van der Waals surface area contributed by atoms with Crippen molar-refractivity contribution in [3.63, 3.8) is 0 Å². The molecule has 0 saturated heterocycles. The Balaban J connectivity index is 0.00000320. The van der Waals surface area contributed by atoms with Crippen LogP contribution in [0.3, 0.4) is 0 Å². The van der Waals surface area contributed by atoms with Crippen LogP contribution in [0.25, 0.3) is 0 Å². The van der Waals surface area contributed by atoms with Crippen LogP contribution in [0, 0.1) is 12.8 Å². The standard InChI is InChI=1S/C23H29N3O3.ClH/c1-15-8-10-16(11-9-15)21(24)23(28)25-18-12-13-20(29-2)19(14-18)26-22(27)17-6-4-3-5-7-17;/h8-14,17,21H,3-7,24H2,1-2H3,(H,25,28)(H,26,27);1H. The largest absolute Gasteiger partial charge is 0.495 e. The first-order valence-electron chi connectivity index (χ1n) is 10.1. The molecule has 0 aliphatic heterocycles. The third-order valence-electron chi connectivity index (χ3n) is 5.42. The number of nitrogens with one attached hydrogen (secondary N) is 2. The lowest BCUT2D eigenvalue weighted by molar-refractivity contribution is -0.120. The number of hydrogen-bond acceptors (Lipinski definition) is 4. The highest BCUT2D eigenvalue weighted by molar-refractivity contribution is 5.98. The van der Waals surface area contributed by atoms with Crippen LogP contribution in [-0.4, -0.2) is 18.9 Å². The van der Waals surface area contributed by atoms with Gasteiger partial charge in [0.1, 0.15) is 11.8 Å². The Kier molecular flexibility index (Phi) is 8.69. The zero-order valence-corrected chi connectivity index (χ0v) is 18.3. The first-order chi connectivity index (χ1) is 14.0. The van der Waals surface area contributed by atoms with Gasteiger partial charge in [-0.3, -0.25) is 9.59 Å². The highest BCUT2D eigenvalue weighted by Gasteiger charge is 2.22. The Hall–Kier alpha value is -2.57. The molecule has 7 heteroatoms. The molecular weight excluding hydrogens is 402 g/mol. The fourth-order valence-corrected chi connectivity index (χ4v) is 3.63. The normalized spacial score (nSPS) is 14.9. The molecule has 162 valence electrons. The summed E-state index contributed by atoms with van der Waals surface area (Å²) in [5.74, 6) is 0.267. The monoisotopic (exact) mass is 431 g/mol. The smallest absolute Gasteiger partial charge is 0.245 e. The number of methoxy groups -OCH3 is 1. The molecule has 2 aromatic carbocycles. The molecule has 1 atom stereocenters. The van der Waals surface area contributed by atoms with Crippen molar-refractivity contribution in [3.8, 4) is 5.75 Å². The Morgan fingerprint density at radius 1 is 1.03 bits per heavy atom. The van der Waals surface area contributed by atoms with Crippen molar-refractivity contribution in [2.75, 3.05) is 17.7 Å². The van der Waals surface area contributed by atoms with Gasteiger partial charge >= 0.3 is 0 Å². The number of benzene rings is 2. The van der Waals surface area contributed by atoms with Gasteiger partial charge in [0.15, 0.2) is 0 Å². The van der Waals surface area contributed by atoms with E-state index in [0.717, 1.165) is 36.8 Å². The van der Waals surface area contributed by atoms with Gasteiger partial charge in [0.2, 0.25) is 11.8 Å². The molecule has 1 saturated carbocycles. The van der Waals surface area contributed by atoms with Crippen molar-refractivity contribution >= 4 is 35.6 Å². The Morgan fingerprint density at radius 2 is 1.70 bits per heavy atom. The SMILES string of the molecule is COc1ccc(NC(=O)C(N)c2ccc(C)cc2)cc1NC(=O)C1CCCCC1.Cl. The van der Waals surface area contributed by atoms with Crippen molar-refractivity contribution in [2.24, 2.45) is 11.7 Å². The summed E-state index contributed by atoms with van der Waals surface area (Å²) in [4.78, 5) is 25.2. The Labute approximate surface area is 184 Å². The van der Waals surface area contributed by atoms with E-state index in [0.29, 0.717) is 17.1 Å². The van der Waals surface area contributed by atoms with Crippen LogP contribution in [-0.2, 0) is 9.59 Å². The summed E-state index contributed by atoms with van der Waals surface area (Å²) in [5.41, 5.74) is 9.05. The molecule has 0 spiro atoms. The number of aryl methyl sites for hydroxylation is 1. The summed E-state index contributed by atoms with van der Waals surface area (Å²) in [6.07, 6.45) is 5.19. The van der Waals surface area contributed by atoms with E-state index in [4.69, 9.17) is 10.5 Å². The lowest BCUT2D eigenvalue weighted by Gasteiger charge is -2.21. The van der Waals surface area contributed by atoms with Crippen LogP contribution in [0.4, 0.5) is 11.4 Å². The molecule has 0 heterocycles. The lowest BCUT2D eigenvalue weighted by Crippen LogP contribution is -2.28. The van der Waals surface area contributed by atoms with Crippen molar-refractivity contribution in [1.82, 2.24) is 0 Å². The van der Waals surface area contributed by atoms with E-state index >= 15 is 0 Å². The van der Waals surface area contributed by atoms with E-state index in [1.807, 2.05) is 31.2 Å². The third-order valence-corrected chi connectivity index (χ3v) is 5.42. The lowest BCUT2D eigenvalue weighted by atomic mass is 9.88. The predicted molar refractivity (Wildman–Crippen MR) is 122 cm³/mol. The van der Waals surface area contributed by atoms with Gasteiger partial charge in [-0.05, 0) is 43.5 Å². The molecule has 1 unspecified atom stereocenters. The number of anilines is 2. The predicted octanol–water partition coefficient (Wildman–Crippen LogP) is 4.58. The molecule has 4 N–H and O–H groups in total.